The van der Waals surface area contributed by atoms with Gasteiger partial charge in [0.15, 0.2) is 0 Å². The molecule has 0 bridgehead atoms. The van der Waals surface area contributed by atoms with E-state index in [9.17, 15) is 88.2 Å². The average Bonchev–Trinajstić information content (AvgIpc) is 0.838. The SMILES string of the molecule is O=C(O)CC(CCCc1ccc(CCCC(CC(=O)O)C(=O)O)c2ccccc12)C(=O)O.O=C(O)CC(Cc1ccc(CC(CC(=O)O)C(=O)O)c2ccccc12)C(=O)O.O=C(O)CCC(CCCc1ccc(CCCC(CC(=O)O)C(=O)O)c2ccccc12)C(=O)O. The second-order valence-electron chi connectivity index (χ2n) is 22.9. The van der Waals surface area contributed by atoms with Crippen LogP contribution in [0.5, 0.6) is 0 Å². The van der Waals surface area contributed by atoms with E-state index in [-0.39, 0.29) is 44.9 Å². The van der Waals surface area contributed by atoms with E-state index in [1.807, 2.05) is 72.8 Å². The van der Waals surface area contributed by atoms with Gasteiger partial charge in [-0.3, -0.25) is 57.5 Å². The van der Waals surface area contributed by atoms with E-state index in [0.717, 1.165) is 43.8 Å². The number of aliphatic carboxylic acids is 12. The fraction of sp³-hybridized carbons (Fsp3) is 0.391. The zero-order valence-corrected chi connectivity index (χ0v) is 51.0. The lowest BCUT2D eigenvalue weighted by Gasteiger charge is -2.16. The number of rotatable bonds is 39. The van der Waals surface area contributed by atoms with Crippen LogP contribution in [0.4, 0.5) is 0 Å². The maximum atomic E-state index is 11.4. The second kappa shape index (κ2) is 37.8. The summed E-state index contributed by atoms with van der Waals surface area (Å²) in [5.74, 6) is -19.1. The van der Waals surface area contributed by atoms with Gasteiger partial charge in [-0.2, -0.15) is 0 Å². The Morgan fingerprint density at radius 3 is 0.656 bits per heavy atom. The van der Waals surface area contributed by atoms with Crippen molar-refractivity contribution in [2.24, 2.45) is 35.5 Å². The van der Waals surface area contributed by atoms with Gasteiger partial charge in [0, 0.05) is 6.42 Å². The van der Waals surface area contributed by atoms with E-state index in [4.69, 9.17) is 30.6 Å². The van der Waals surface area contributed by atoms with Crippen molar-refractivity contribution in [2.75, 3.05) is 0 Å². The fourth-order valence-electron chi connectivity index (χ4n) is 11.4. The standard InChI is InChI=1S/C25H30O8.C24H28O8.C20H20O8/c26-22(27)14-13-18(24(30)31)7-3-5-16-11-12-17(21-10-2-1-9-20(16)21)6-4-8-19(25(32)33)15-23(28)29;25-21(26)13-17(23(29)30)7-3-5-15-11-12-16(20-10-2-1-9-19(15)20)6-4-8-18(24(31)32)14-22(27)28;21-17(22)9-13(19(25)26)7-11-5-6-12(16-4-2-1-3-15(11)16)8-14(20(27)28)10-18(23)24/h1-2,9-12,18-19H,3-8,13-15H2,(H,26,27)(H,28,29)(H,30,31)(H,32,33);1-2,9-12,17-18H,3-8,13-14H2,(H,25,26)(H,27,28)(H,29,30)(H,31,32);1-6,13-14H,7-10H2,(H,21,22)(H,23,24)(H,25,26)(H,27,28). The number of carboxylic acid groups (broad SMARTS) is 12. The van der Waals surface area contributed by atoms with Crippen molar-refractivity contribution >= 4 is 104 Å². The van der Waals surface area contributed by atoms with Gasteiger partial charge >= 0.3 is 71.6 Å². The van der Waals surface area contributed by atoms with Gasteiger partial charge in [-0.15, -0.1) is 0 Å². The molecular formula is C69H78O24. The van der Waals surface area contributed by atoms with E-state index < -0.39 is 139 Å². The van der Waals surface area contributed by atoms with Crippen LogP contribution < -0.4 is 0 Å². The summed E-state index contributed by atoms with van der Waals surface area (Å²) < 4.78 is 0. The largest absolute Gasteiger partial charge is 0.481 e. The van der Waals surface area contributed by atoms with Crippen molar-refractivity contribution < 1.29 is 119 Å². The first kappa shape index (κ1) is 75.2. The van der Waals surface area contributed by atoms with Gasteiger partial charge in [-0.25, -0.2) is 0 Å². The molecule has 0 aromatic heterocycles. The molecule has 498 valence electrons. The van der Waals surface area contributed by atoms with Crippen molar-refractivity contribution in [3.05, 3.63) is 143 Å². The number of benzene rings is 6. The first-order chi connectivity index (χ1) is 44.1. The molecule has 24 heteroatoms. The van der Waals surface area contributed by atoms with Crippen molar-refractivity contribution in [3.63, 3.8) is 0 Å². The number of carbonyl (C=O) groups is 12. The molecule has 0 fully saturated rings. The molecule has 0 radical (unpaired) electrons. The van der Waals surface area contributed by atoms with E-state index >= 15 is 0 Å². The van der Waals surface area contributed by atoms with Gasteiger partial charge in [0.1, 0.15) is 0 Å². The summed E-state index contributed by atoms with van der Waals surface area (Å²) in [5, 5.41) is 114. The molecule has 0 aliphatic carbocycles. The summed E-state index contributed by atoms with van der Waals surface area (Å²) in [6.07, 6.45) is 3.80. The van der Waals surface area contributed by atoms with Crippen LogP contribution in [0.3, 0.4) is 0 Å². The Labute approximate surface area is 533 Å². The van der Waals surface area contributed by atoms with Gasteiger partial charge in [0.05, 0.1) is 67.6 Å². The van der Waals surface area contributed by atoms with Gasteiger partial charge in [0.2, 0.25) is 0 Å². The molecule has 93 heavy (non-hydrogen) atoms. The number of carboxylic acids is 12. The molecule has 6 aromatic rings. The highest BCUT2D eigenvalue weighted by Gasteiger charge is 2.27. The smallest absolute Gasteiger partial charge is 0.307 e. The van der Waals surface area contributed by atoms with Gasteiger partial charge in [-0.05, 0) is 162 Å². The van der Waals surface area contributed by atoms with Gasteiger partial charge < -0.3 is 61.3 Å². The minimum atomic E-state index is -1.21. The minimum Gasteiger partial charge on any atom is -0.481 e. The highest BCUT2D eigenvalue weighted by atomic mass is 16.4. The zero-order valence-electron chi connectivity index (χ0n) is 51.0. The summed E-state index contributed by atoms with van der Waals surface area (Å²) in [7, 11) is 0. The molecule has 0 heterocycles. The summed E-state index contributed by atoms with van der Waals surface area (Å²) in [5.41, 5.74) is 5.48. The molecule has 0 spiro atoms. The predicted octanol–water partition coefficient (Wildman–Crippen LogP) is 10.3. The summed E-state index contributed by atoms with van der Waals surface area (Å²) in [6, 6.07) is 33.8. The molecule has 12 N–H and O–H groups in total. The van der Waals surface area contributed by atoms with Crippen LogP contribution in [0.1, 0.15) is 130 Å². The van der Waals surface area contributed by atoms with Crippen LogP contribution in [-0.2, 0) is 96.1 Å². The Morgan fingerprint density at radius 2 is 0.441 bits per heavy atom. The molecular weight excluding hydrogens is 1210 g/mol. The third kappa shape index (κ3) is 25.5. The first-order valence-electron chi connectivity index (χ1n) is 30.2. The van der Waals surface area contributed by atoms with E-state index in [2.05, 4.69) is 0 Å². The zero-order chi connectivity index (χ0) is 68.9. The Bertz CT molecular complexity index is 3490. The van der Waals surface area contributed by atoms with Crippen LogP contribution in [0.15, 0.2) is 109 Å². The number of aryl methyl sites for hydroxylation is 4. The second-order valence-corrected chi connectivity index (χ2v) is 22.9. The molecule has 0 saturated carbocycles. The quantitative estimate of drug-likeness (QED) is 0.0171. The third-order valence-corrected chi connectivity index (χ3v) is 16.1. The third-order valence-electron chi connectivity index (χ3n) is 16.1. The van der Waals surface area contributed by atoms with E-state index in [1.54, 1.807) is 36.4 Å². The highest BCUT2D eigenvalue weighted by molar-refractivity contribution is 5.92. The maximum Gasteiger partial charge on any atom is 0.307 e. The van der Waals surface area contributed by atoms with Crippen molar-refractivity contribution in [2.45, 2.75) is 135 Å². The van der Waals surface area contributed by atoms with Crippen molar-refractivity contribution in [3.8, 4) is 0 Å². The molecule has 0 aliphatic rings. The normalized spacial score (nSPS) is 12.9. The Kier molecular flexibility index (Phi) is 30.6. The van der Waals surface area contributed by atoms with Crippen LogP contribution in [0.2, 0.25) is 0 Å². The minimum absolute atomic E-state index is 0.0138. The lowest BCUT2D eigenvalue weighted by atomic mass is 9.88. The summed E-state index contributed by atoms with van der Waals surface area (Å²) in [6.45, 7) is 0. The Balaban J connectivity index is 0.000000298. The van der Waals surface area contributed by atoms with Crippen LogP contribution >= 0.6 is 0 Å². The fourth-order valence-corrected chi connectivity index (χ4v) is 11.4. The highest BCUT2D eigenvalue weighted by Crippen LogP contribution is 2.31. The summed E-state index contributed by atoms with van der Waals surface area (Å²) >= 11 is 0. The molecule has 6 rings (SSSR count). The molecule has 6 aromatic carbocycles. The molecule has 0 aliphatic heterocycles. The van der Waals surface area contributed by atoms with Crippen LogP contribution in [-0.4, -0.2) is 133 Å². The first-order valence-corrected chi connectivity index (χ1v) is 30.2. The number of hydrogen-bond donors (Lipinski definition) is 12. The predicted molar refractivity (Wildman–Crippen MR) is 336 cm³/mol. The maximum absolute atomic E-state index is 11.4. The van der Waals surface area contributed by atoms with E-state index in [0.29, 0.717) is 79.7 Å². The lowest BCUT2D eigenvalue weighted by molar-refractivity contribution is -0.148. The van der Waals surface area contributed by atoms with Crippen molar-refractivity contribution in [1.29, 1.82) is 0 Å². The number of fused-ring (bicyclic) bond motifs is 3. The molecule has 6 unspecified atom stereocenters. The number of hydrogen-bond acceptors (Lipinski definition) is 12. The van der Waals surface area contributed by atoms with Crippen LogP contribution in [0.25, 0.3) is 32.3 Å². The van der Waals surface area contributed by atoms with Gasteiger partial charge in [-0.1, -0.05) is 109 Å². The lowest BCUT2D eigenvalue weighted by Crippen LogP contribution is -2.21. The monoisotopic (exact) mass is 1290 g/mol. The van der Waals surface area contributed by atoms with Crippen molar-refractivity contribution in [1.82, 2.24) is 0 Å². The Morgan fingerprint density at radius 1 is 0.237 bits per heavy atom. The molecule has 6 atom stereocenters. The topological polar surface area (TPSA) is 448 Å². The Hall–Kier alpha value is -10.3. The van der Waals surface area contributed by atoms with E-state index in [1.165, 1.54) is 0 Å². The molecule has 0 amide bonds. The van der Waals surface area contributed by atoms with Crippen LogP contribution in [0, 0.1) is 35.5 Å². The van der Waals surface area contributed by atoms with Gasteiger partial charge in [0.25, 0.3) is 0 Å². The average molecular weight is 1290 g/mol. The summed E-state index contributed by atoms with van der Waals surface area (Å²) in [4.78, 5) is 133. The molecule has 24 nitrogen and oxygen atoms in total. The molecule has 0 saturated heterocycles.